The summed E-state index contributed by atoms with van der Waals surface area (Å²) in [6.07, 6.45) is 0.396. The topological polar surface area (TPSA) is 120 Å². The van der Waals surface area contributed by atoms with Crippen molar-refractivity contribution in [3.63, 3.8) is 0 Å². The van der Waals surface area contributed by atoms with Crippen LogP contribution in [0.25, 0.3) is 0 Å². The van der Waals surface area contributed by atoms with Crippen LogP contribution in [0.5, 0.6) is 11.5 Å². The molecule has 0 aliphatic rings. The van der Waals surface area contributed by atoms with Gasteiger partial charge >= 0.3 is 11.7 Å². The molecule has 0 radical (unpaired) electrons. The van der Waals surface area contributed by atoms with Gasteiger partial charge in [-0.15, -0.1) is 0 Å². The maximum Gasteiger partial charge on any atom is 0.343 e. The molecule has 1 N–H and O–H groups in total. The van der Waals surface area contributed by atoms with E-state index in [2.05, 4.69) is 10.5 Å². The van der Waals surface area contributed by atoms with Gasteiger partial charge in [0.25, 0.3) is 5.91 Å². The number of ether oxygens (including phenoxy) is 2. The van der Waals surface area contributed by atoms with Crippen molar-refractivity contribution < 1.29 is 24.0 Å². The third kappa shape index (κ3) is 6.47. The van der Waals surface area contributed by atoms with Crippen molar-refractivity contribution in [1.29, 1.82) is 0 Å². The zero-order valence-corrected chi connectivity index (χ0v) is 17.9. The number of esters is 1. The third-order valence-corrected chi connectivity index (χ3v) is 4.50. The van der Waals surface area contributed by atoms with Gasteiger partial charge in [0.05, 0.1) is 16.7 Å². The SMILES string of the molecule is Cc1ccc(C(=O)Oc2ccc(/C=N\NC(=O)[C@@H](C)Oc3ccccc3[N+](=O)[O-])cc2)cc1. The van der Waals surface area contributed by atoms with Gasteiger partial charge in [-0.05, 0) is 61.9 Å². The predicted octanol–water partition coefficient (Wildman–Crippen LogP) is 4.04. The average molecular weight is 447 g/mol. The standard InChI is InChI=1S/C24H21N3O6/c1-16-7-11-19(12-8-16)24(29)33-20-13-9-18(10-14-20)15-25-26-23(28)17(2)32-22-6-4-3-5-21(22)27(30)31/h3-15,17H,1-2H3,(H,26,28)/b25-15-/t17-/m1/s1. The lowest BCUT2D eigenvalue weighted by molar-refractivity contribution is -0.386. The summed E-state index contributed by atoms with van der Waals surface area (Å²) in [5, 5.41) is 14.9. The summed E-state index contributed by atoms with van der Waals surface area (Å²) < 4.78 is 10.7. The Hall–Kier alpha value is -4.53. The lowest BCUT2D eigenvalue weighted by Gasteiger charge is -2.12. The summed E-state index contributed by atoms with van der Waals surface area (Å²) in [6, 6.07) is 19.4. The van der Waals surface area contributed by atoms with Gasteiger partial charge in [0.15, 0.2) is 11.9 Å². The fraction of sp³-hybridized carbons (Fsp3) is 0.125. The van der Waals surface area contributed by atoms with Gasteiger partial charge in [0, 0.05) is 6.07 Å². The molecule has 168 valence electrons. The maximum absolute atomic E-state index is 12.2. The molecule has 0 saturated heterocycles. The lowest BCUT2D eigenvalue weighted by Crippen LogP contribution is -2.33. The molecule has 0 aromatic heterocycles. The van der Waals surface area contributed by atoms with E-state index in [-0.39, 0.29) is 11.4 Å². The third-order valence-electron chi connectivity index (χ3n) is 4.50. The van der Waals surface area contributed by atoms with Crippen molar-refractivity contribution in [2.45, 2.75) is 20.0 Å². The maximum atomic E-state index is 12.2. The summed E-state index contributed by atoms with van der Waals surface area (Å²) in [5.41, 5.74) is 4.24. The second kappa shape index (κ2) is 10.7. The molecule has 33 heavy (non-hydrogen) atoms. The number of amides is 1. The average Bonchev–Trinajstić information content (AvgIpc) is 2.80. The molecule has 9 nitrogen and oxygen atoms in total. The monoisotopic (exact) mass is 447 g/mol. The smallest absolute Gasteiger partial charge is 0.343 e. The van der Waals surface area contributed by atoms with Crippen LogP contribution in [0, 0.1) is 17.0 Å². The Morgan fingerprint density at radius 1 is 1.03 bits per heavy atom. The van der Waals surface area contributed by atoms with Gasteiger partial charge < -0.3 is 9.47 Å². The largest absolute Gasteiger partial charge is 0.474 e. The number of hydrogen-bond donors (Lipinski definition) is 1. The van der Waals surface area contributed by atoms with Crippen molar-refractivity contribution in [3.05, 3.63) is 99.6 Å². The van der Waals surface area contributed by atoms with E-state index in [1.165, 1.54) is 31.3 Å². The Labute approximate surface area is 189 Å². The number of nitrogens with zero attached hydrogens (tertiary/aromatic N) is 2. The predicted molar refractivity (Wildman–Crippen MR) is 122 cm³/mol. The molecule has 0 aliphatic heterocycles. The number of rotatable bonds is 8. The van der Waals surface area contributed by atoms with Gasteiger partial charge in [-0.2, -0.15) is 5.10 Å². The number of carbonyl (C=O) groups is 2. The van der Waals surface area contributed by atoms with E-state index in [4.69, 9.17) is 9.47 Å². The van der Waals surface area contributed by atoms with Crippen LogP contribution in [0.3, 0.4) is 0 Å². The first-order chi connectivity index (χ1) is 15.8. The molecule has 1 amide bonds. The molecule has 0 heterocycles. The molecule has 0 spiro atoms. The van der Waals surface area contributed by atoms with Crippen molar-refractivity contribution in [2.75, 3.05) is 0 Å². The van der Waals surface area contributed by atoms with E-state index >= 15 is 0 Å². The lowest BCUT2D eigenvalue weighted by atomic mass is 10.1. The Kier molecular flexibility index (Phi) is 7.48. The fourth-order valence-electron chi connectivity index (χ4n) is 2.69. The van der Waals surface area contributed by atoms with E-state index in [0.29, 0.717) is 16.9 Å². The van der Waals surface area contributed by atoms with E-state index < -0.39 is 22.9 Å². The number of nitro groups is 1. The van der Waals surface area contributed by atoms with Crippen LogP contribution in [0.15, 0.2) is 77.9 Å². The Balaban J connectivity index is 1.52. The van der Waals surface area contributed by atoms with Gasteiger partial charge in [-0.1, -0.05) is 29.8 Å². The highest BCUT2D eigenvalue weighted by Crippen LogP contribution is 2.26. The normalized spacial score (nSPS) is 11.6. The first kappa shape index (κ1) is 23.1. The van der Waals surface area contributed by atoms with Gasteiger partial charge in [0.2, 0.25) is 0 Å². The van der Waals surface area contributed by atoms with Crippen molar-refractivity contribution in [3.8, 4) is 11.5 Å². The highest BCUT2D eigenvalue weighted by molar-refractivity contribution is 5.91. The van der Waals surface area contributed by atoms with Crippen LogP contribution in [0.2, 0.25) is 0 Å². The molecule has 1 atom stereocenters. The molecule has 0 aliphatic carbocycles. The minimum atomic E-state index is -1.01. The summed E-state index contributed by atoms with van der Waals surface area (Å²) in [7, 11) is 0. The van der Waals surface area contributed by atoms with Crippen molar-refractivity contribution in [2.24, 2.45) is 5.10 Å². The first-order valence-electron chi connectivity index (χ1n) is 9.95. The molecule has 3 aromatic rings. The van der Waals surface area contributed by atoms with Crippen LogP contribution in [0.1, 0.15) is 28.4 Å². The minimum absolute atomic E-state index is 0.00935. The number of carbonyl (C=O) groups excluding carboxylic acids is 2. The summed E-state index contributed by atoms with van der Waals surface area (Å²) in [6.45, 7) is 3.39. The minimum Gasteiger partial charge on any atom is -0.474 e. The molecule has 3 rings (SSSR count). The van der Waals surface area contributed by atoms with E-state index in [1.54, 1.807) is 42.5 Å². The van der Waals surface area contributed by atoms with Crippen molar-refractivity contribution in [1.82, 2.24) is 5.43 Å². The molecule has 9 heteroatoms. The molecule has 0 bridgehead atoms. The van der Waals surface area contributed by atoms with Crippen LogP contribution < -0.4 is 14.9 Å². The summed E-state index contributed by atoms with van der Waals surface area (Å²) >= 11 is 0. The van der Waals surface area contributed by atoms with Gasteiger partial charge in [-0.3, -0.25) is 14.9 Å². The number of nitrogens with one attached hydrogen (secondary N) is 1. The Bertz CT molecular complexity index is 1170. The van der Waals surface area contributed by atoms with Crippen LogP contribution in [-0.2, 0) is 4.79 Å². The first-order valence-corrected chi connectivity index (χ1v) is 9.95. The van der Waals surface area contributed by atoms with Crippen LogP contribution in [-0.4, -0.2) is 29.1 Å². The zero-order valence-electron chi connectivity index (χ0n) is 17.9. The van der Waals surface area contributed by atoms with Crippen LogP contribution in [0.4, 0.5) is 5.69 Å². The summed E-state index contributed by atoms with van der Waals surface area (Å²) in [5.74, 6) is -0.678. The summed E-state index contributed by atoms with van der Waals surface area (Å²) in [4.78, 5) is 34.8. The van der Waals surface area contributed by atoms with Crippen molar-refractivity contribution >= 4 is 23.8 Å². The Morgan fingerprint density at radius 2 is 1.70 bits per heavy atom. The number of para-hydroxylation sites is 2. The highest BCUT2D eigenvalue weighted by Gasteiger charge is 2.20. The quantitative estimate of drug-likeness (QED) is 0.183. The molecular weight excluding hydrogens is 426 g/mol. The second-order valence-corrected chi connectivity index (χ2v) is 7.04. The molecule has 0 saturated carbocycles. The highest BCUT2D eigenvalue weighted by atomic mass is 16.6. The fourth-order valence-corrected chi connectivity index (χ4v) is 2.69. The molecule has 3 aromatic carbocycles. The van der Waals surface area contributed by atoms with E-state index in [9.17, 15) is 19.7 Å². The number of aryl methyl sites for hydroxylation is 1. The zero-order chi connectivity index (χ0) is 23.8. The van der Waals surface area contributed by atoms with Gasteiger partial charge in [0.1, 0.15) is 5.75 Å². The number of benzene rings is 3. The molecular formula is C24H21N3O6. The molecule has 0 fully saturated rings. The van der Waals surface area contributed by atoms with E-state index in [0.717, 1.165) is 5.56 Å². The Morgan fingerprint density at radius 3 is 2.36 bits per heavy atom. The number of hydrogen-bond acceptors (Lipinski definition) is 7. The number of hydrazone groups is 1. The second-order valence-electron chi connectivity index (χ2n) is 7.04. The van der Waals surface area contributed by atoms with E-state index in [1.807, 2.05) is 19.1 Å². The molecule has 0 unspecified atom stereocenters. The van der Waals surface area contributed by atoms with Gasteiger partial charge in [-0.25, -0.2) is 10.2 Å². The number of nitro benzene ring substituents is 1. The van der Waals surface area contributed by atoms with Crippen LogP contribution >= 0.6 is 0 Å².